The number of nitrogens with zero attached hydrogens (tertiary/aromatic N) is 2. The van der Waals surface area contributed by atoms with Gasteiger partial charge in [0.2, 0.25) is 0 Å². The topological polar surface area (TPSA) is 27.7 Å². The molecule has 0 radical (unpaired) electrons. The first kappa shape index (κ1) is 11.7. The Balaban J connectivity index is 1.62. The first-order valence-electron chi connectivity index (χ1n) is 6.72. The van der Waals surface area contributed by atoms with Gasteiger partial charge in [0, 0.05) is 19.1 Å². The molecule has 2 atom stereocenters. The van der Waals surface area contributed by atoms with Crippen LogP contribution in [0.3, 0.4) is 0 Å². The van der Waals surface area contributed by atoms with E-state index in [2.05, 4.69) is 15.1 Å². The van der Waals surface area contributed by atoms with E-state index in [1.807, 2.05) is 0 Å². The molecule has 17 heavy (non-hydrogen) atoms. The second kappa shape index (κ2) is 5.08. The van der Waals surface area contributed by atoms with Crippen molar-refractivity contribution < 1.29 is 4.74 Å². The summed E-state index contributed by atoms with van der Waals surface area (Å²) in [5, 5.41) is 4.46. The molecule has 4 nitrogen and oxygen atoms in total. The lowest BCUT2D eigenvalue weighted by Gasteiger charge is -2.36. The number of thiocarbonyl (C=S) groups is 1. The van der Waals surface area contributed by atoms with E-state index >= 15 is 0 Å². The molecule has 1 N–H and O–H groups in total. The Labute approximate surface area is 108 Å². The number of fused-ring (bicyclic) bond motifs is 1. The van der Waals surface area contributed by atoms with Crippen LogP contribution in [0.1, 0.15) is 25.7 Å². The zero-order chi connectivity index (χ0) is 11.7. The highest BCUT2D eigenvalue weighted by molar-refractivity contribution is 7.80. The van der Waals surface area contributed by atoms with E-state index < -0.39 is 0 Å². The van der Waals surface area contributed by atoms with Crippen molar-refractivity contribution >= 4 is 17.3 Å². The summed E-state index contributed by atoms with van der Waals surface area (Å²) in [6.45, 7) is 4.79. The van der Waals surface area contributed by atoms with Gasteiger partial charge in [0.25, 0.3) is 0 Å². The van der Waals surface area contributed by atoms with Crippen molar-refractivity contribution in [2.24, 2.45) is 0 Å². The molecule has 1 aliphatic carbocycles. The van der Waals surface area contributed by atoms with E-state index in [-0.39, 0.29) is 0 Å². The largest absolute Gasteiger partial charge is 0.379 e. The molecule has 3 aliphatic rings. The molecule has 0 aromatic heterocycles. The van der Waals surface area contributed by atoms with Crippen molar-refractivity contribution in [3.8, 4) is 0 Å². The second-order valence-electron chi connectivity index (χ2n) is 5.25. The molecule has 0 aromatic carbocycles. The van der Waals surface area contributed by atoms with Crippen LogP contribution in [0.2, 0.25) is 0 Å². The van der Waals surface area contributed by atoms with Crippen molar-refractivity contribution in [1.29, 1.82) is 0 Å². The van der Waals surface area contributed by atoms with Gasteiger partial charge >= 0.3 is 0 Å². The van der Waals surface area contributed by atoms with Crippen LogP contribution < -0.4 is 5.32 Å². The molecule has 3 fully saturated rings. The number of rotatable bonds is 2. The van der Waals surface area contributed by atoms with Gasteiger partial charge in [-0.1, -0.05) is 12.8 Å². The molecule has 0 spiro atoms. The molecule has 2 saturated heterocycles. The Morgan fingerprint density at radius 1 is 1.24 bits per heavy atom. The van der Waals surface area contributed by atoms with E-state index in [1.165, 1.54) is 25.7 Å². The number of ether oxygens (including phenoxy) is 1. The summed E-state index contributed by atoms with van der Waals surface area (Å²) >= 11 is 5.48. The van der Waals surface area contributed by atoms with E-state index in [0.717, 1.165) is 38.1 Å². The quantitative estimate of drug-likeness (QED) is 0.736. The number of hydrogen-bond donors (Lipinski definition) is 1. The fraction of sp³-hybridized carbons (Fsp3) is 0.917. The minimum Gasteiger partial charge on any atom is -0.379 e. The van der Waals surface area contributed by atoms with E-state index in [1.54, 1.807) is 0 Å². The summed E-state index contributed by atoms with van der Waals surface area (Å²) < 4.78 is 5.39. The molecule has 0 unspecified atom stereocenters. The highest BCUT2D eigenvalue weighted by Crippen LogP contribution is 2.28. The van der Waals surface area contributed by atoms with Gasteiger partial charge in [-0.15, -0.1) is 0 Å². The van der Waals surface area contributed by atoms with Crippen molar-refractivity contribution in [1.82, 2.24) is 15.1 Å². The fourth-order valence-electron chi connectivity index (χ4n) is 3.17. The predicted octanol–water partition coefficient (Wildman–Crippen LogP) is 0.777. The Kier molecular flexibility index (Phi) is 3.49. The van der Waals surface area contributed by atoms with E-state index in [4.69, 9.17) is 17.0 Å². The van der Waals surface area contributed by atoms with Crippen LogP contribution in [0.5, 0.6) is 0 Å². The van der Waals surface area contributed by atoms with Gasteiger partial charge in [0.05, 0.1) is 25.9 Å². The summed E-state index contributed by atoms with van der Waals surface area (Å²) in [4.78, 5) is 4.86. The number of morpholine rings is 1. The fourth-order valence-corrected chi connectivity index (χ4v) is 3.52. The molecule has 3 rings (SSSR count). The molecule has 1 saturated carbocycles. The Hall–Kier alpha value is -0.390. The SMILES string of the molecule is S=C1N[C@H]2CCCC[C@@H]2N1CN1CCOCC1. The highest BCUT2D eigenvalue weighted by atomic mass is 32.1. The van der Waals surface area contributed by atoms with Crippen molar-refractivity contribution in [2.75, 3.05) is 33.0 Å². The molecule has 2 aliphatic heterocycles. The molecular formula is C12H21N3OS. The lowest BCUT2D eigenvalue weighted by molar-refractivity contribution is 0.0159. The van der Waals surface area contributed by atoms with Gasteiger partial charge in [-0.3, -0.25) is 4.90 Å². The molecule has 5 heteroatoms. The second-order valence-corrected chi connectivity index (χ2v) is 5.64. The standard InChI is InChI=1S/C12H21N3OS/c17-12-13-10-3-1-2-4-11(10)15(12)9-14-5-7-16-8-6-14/h10-11H,1-9H2,(H,13,17)/t10-,11-/m0/s1. The van der Waals surface area contributed by atoms with E-state index in [0.29, 0.717) is 12.1 Å². The van der Waals surface area contributed by atoms with Gasteiger partial charge < -0.3 is 15.0 Å². The molecule has 0 aromatic rings. The van der Waals surface area contributed by atoms with Crippen molar-refractivity contribution in [3.63, 3.8) is 0 Å². The number of nitrogens with one attached hydrogen (secondary N) is 1. The third kappa shape index (κ3) is 2.41. The van der Waals surface area contributed by atoms with Crippen LogP contribution in [-0.4, -0.2) is 60.0 Å². The summed E-state index contributed by atoms with van der Waals surface area (Å²) in [6, 6.07) is 1.25. The number of hydrogen-bond acceptors (Lipinski definition) is 3. The molecule has 0 amide bonds. The maximum atomic E-state index is 5.48. The average Bonchev–Trinajstić information content (AvgIpc) is 2.68. The highest BCUT2D eigenvalue weighted by Gasteiger charge is 2.38. The zero-order valence-corrected chi connectivity index (χ0v) is 11.0. The third-order valence-electron chi connectivity index (χ3n) is 4.16. The normalized spacial score (nSPS) is 34.6. The van der Waals surface area contributed by atoms with Crippen molar-refractivity contribution in [2.45, 2.75) is 37.8 Å². The van der Waals surface area contributed by atoms with Crippen LogP contribution in [0.15, 0.2) is 0 Å². The van der Waals surface area contributed by atoms with Crippen LogP contribution in [0, 0.1) is 0 Å². The monoisotopic (exact) mass is 255 g/mol. The minimum atomic E-state index is 0.609. The summed E-state index contributed by atoms with van der Waals surface area (Å²) in [5.41, 5.74) is 0. The zero-order valence-electron chi connectivity index (χ0n) is 10.2. The van der Waals surface area contributed by atoms with Gasteiger partial charge in [-0.25, -0.2) is 0 Å². The maximum Gasteiger partial charge on any atom is 0.170 e. The molecule has 2 heterocycles. The Morgan fingerprint density at radius 3 is 2.82 bits per heavy atom. The Bertz CT molecular complexity index is 293. The first-order valence-corrected chi connectivity index (χ1v) is 7.12. The summed E-state index contributed by atoms with van der Waals surface area (Å²) in [7, 11) is 0. The van der Waals surface area contributed by atoms with Gasteiger partial charge in [0.1, 0.15) is 0 Å². The smallest absolute Gasteiger partial charge is 0.170 e. The first-order chi connectivity index (χ1) is 8.34. The lowest BCUT2D eigenvalue weighted by Crippen LogP contribution is -2.48. The van der Waals surface area contributed by atoms with Gasteiger partial charge in [0.15, 0.2) is 5.11 Å². The van der Waals surface area contributed by atoms with E-state index in [9.17, 15) is 0 Å². The van der Waals surface area contributed by atoms with Crippen LogP contribution >= 0.6 is 12.2 Å². The van der Waals surface area contributed by atoms with Crippen LogP contribution in [0.4, 0.5) is 0 Å². The van der Waals surface area contributed by atoms with Crippen LogP contribution in [-0.2, 0) is 4.74 Å². The lowest BCUT2D eigenvalue weighted by atomic mass is 9.91. The van der Waals surface area contributed by atoms with Crippen LogP contribution in [0.25, 0.3) is 0 Å². The Morgan fingerprint density at radius 2 is 2.00 bits per heavy atom. The summed E-state index contributed by atoms with van der Waals surface area (Å²) in [6.07, 6.45) is 5.28. The average molecular weight is 255 g/mol. The summed E-state index contributed by atoms with van der Waals surface area (Å²) in [5.74, 6) is 0. The van der Waals surface area contributed by atoms with Gasteiger partial charge in [-0.2, -0.15) is 0 Å². The molecular weight excluding hydrogens is 234 g/mol. The third-order valence-corrected chi connectivity index (χ3v) is 4.51. The maximum absolute atomic E-state index is 5.48. The van der Waals surface area contributed by atoms with Gasteiger partial charge in [-0.05, 0) is 25.1 Å². The molecule has 96 valence electrons. The predicted molar refractivity (Wildman–Crippen MR) is 70.9 cm³/mol. The minimum absolute atomic E-state index is 0.609. The molecule has 0 bridgehead atoms. The van der Waals surface area contributed by atoms with Crippen molar-refractivity contribution in [3.05, 3.63) is 0 Å².